The Kier molecular flexibility index (Phi) is 4.00. The number of fused-ring (bicyclic) bond motifs is 2. The van der Waals surface area contributed by atoms with Gasteiger partial charge in [0.25, 0.3) is 10.0 Å². The second-order valence-corrected chi connectivity index (χ2v) is 9.12. The van der Waals surface area contributed by atoms with Crippen molar-refractivity contribution in [2.75, 3.05) is 6.54 Å². The maximum absolute atomic E-state index is 12.9. The molecule has 0 N–H and O–H groups in total. The van der Waals surface area contributed by atoms with Gasteiger partial charge in [0.15, 0.2) is 10.7 Å². The summed E-state index contributed by atoms with van der Waals surface area (Å²) in [7, 11) is -0.0206. The fourth-order valence-corrected chi connectivity index (χ4v) is 4.97. The van der Waals surface area contributed by atoms with Crippen LogP contribution in [0.1, 0.15) is 11.3 Å². The minimum absolute atomic E-state index is 0.0673. The van der Waals surface area contributed by atoms with Gasteiger partial charge in [-0.05, 0) is 17.7 Å². The Bertz CT molecular complexity index is 1340. The van der Waals surface area contributed by atoms with Gasteiger partial charge in [-0.25, -0.2) is 23.4 Å². The standard InChI is InChI=1S/C19H19N7O2S/c1-24-11-18(21-12-24)29(27,28)26-4-3-17-15(10-26)6-13-5-14(7-20-19(13)23-17)16-8-22-25(2)9-16/h5-9,11-12H,3-4,10H2,1-2H3. The van der Waals surface area contributed by atoms with Gasteiger partial charge in [0.1, 0.15) is 0 Å². The lowest BCUT2D eigenvalue weighted by atomic mass is 10.0. The van der Waals surface area contributed by atoms with E-state index in [2.05, 4.69) is 20.1 Å². The average molecular weight is 409 g/mol. The monoisotopic (exact) mass is 409 g/mol. The highest BCUT2D eigenvalue weighted by molar-refractivity contribution is 7.89. The van der Waals surface area contributed by atoms with Crippen LogP contribution in [0, 0.1) is 0 Å². The molecule has 5 rings (SSSR count). The highest BCUT2D eigenvalue weighted by atomic mass is 32.2. The highest BCUT2D eigenvalue weighted by Gasteiger charge is 2.30. The molecule has 0 aromatic carbocycles. The molecule has 148 valence electrons. The van der Waals surface area contributed by atoms with Crippen LogP contribution < -0.4 is 0 Å². The highest BCUT2D eigenvalue weighted by Crippen LogP contribution is 2.27. The topological polar surface area (TPSA) is 98.8 Å². The van der Waals surface area contributed by atoms with E-state index in [-0.39, 0.29) is 11.6 Å². The lowest BCUT2D eigenvalue weighted by Crippen LogP contribution is -2.36. The normalized spacial score (nSPS) is 15.0. The number of aromatic nitrogens is 6. The van der Waals surface area contributed by atoms with Gasteiger partial charge in [-0.2, -0.15) is 9.40 Å². The van der Waals surface area contributed by atoms with Crippen molar-refractivity contribution in [1.29, 1.82) is 0 Å². The van der Waals surface area contributed by atoms with Crippen LogP contribution in [0.15, 0.2) is 48.3 Å². The first kappa shape index (κ1) is 18.0. The van der Waals surface area contributed by atoms with E-state index in [1.807, 2.05) is 25.4 Å². The molecule has 0 spiro atoms. The Morgan fingerprint density at radius 2 is 1.90 bits per heavy atom. The minimum atomic E-state index is -3.64. The molecule has 4 aromatic rings. The van der Waals surface area contributed by atoms with Crippen molar-refractivity contribution < 1.29 is 8.42 Å². The Morgan fingerprint density at radius 1 is 1.03 bits per heavy atom. The van der Waals surface area contributed by atoms with E-state index < -0.39 is 10.0 Å². The smallest absolute Gasteiger partial charge is 0.262 e. The molecule has 0 amide bonds. The largest absolute Gasteiger partial charge is 0.339 e. The zero-order valence-corrected chi connectivity index (χ0v) is 16.8. The van der Waals surface area contributed by atoms with Crippen molar-refractivity contribution in [3.8, 4) is 11.1 Å². The predicted molar refractivity (Wildman–Crippen MR) is 106 cm³/mol. The maximum atomic E-state index is 12.9. The summed E-state index contributed by atoms with van der Waals surface area (Å²) in [6.45, 7) is 0.645. The van der Waals surface area contributed by atoms with Gasteiger partial charge in [0.2, 0.25) is 0 Å². The van der Waals surface area contributed by atoms with Crippen LogP contribution in [0.5, 0.6) is 0 Å². The Balaban J connectivity index is 1.51. The number of hydrogen-bond acceptors (Lipinski definition) is 6. The van der Waals surface area contributed by atoms with Gasteiger partial charge in [0, 0.05) is 74.4 Å². The van der Waals surface area contributed by atoms with E-state index in [4.69, 9.17) is 0 Å². The maximum Gasteiger partial charge on any atom is 0.262 e. The summed E-state index contributed by atoms with van der Waals surface area (Å²) >= 11 is 0. The number of hydrogen-bond donors (Lipinski definition) is 0. The van der Waals surface area contributed by atoms with Gasteiger partial charge in [-0.1, -0.05) is 0 Å². The molecule has 0 fully saturated rings. The van der Waals surface area contributed by atoms with E-state index in [9.17, 15) is 8.42 Å². The number of imidazole rings is 1. The molecule has 0 atom stereocenters. The van der Waals surface area contributed by atoms with Crippen LogP contribution in [0.4, 0.5) is 0 Å². The Hall–Kier alpha value is -3.11. The van der Waals surface area contributed by atoms with E-state index in [1.165, 1.54) is 16.8 Å². The van der Waals surface area contributed by atoms with Crippen molar-refractivity contribution >= 4 is 21.1 Å². The molecule has 0 bridgehead atoms. The molecule has 0 radical (unpaired) electrons. The first-order chi connectivity index (χ1) is 13.9. The molecule has 0 unspecified atom stereocenters. The van der Waals surface area contributed by atoms with Crippen molar-refractivity contribution in [3.05, 3.63) is 54.5 Å². The van der Waals surface area contributed by atoms with Gasteiger partial charge < -0.3 is 4.57 Å². The van der Waals surface area contributed by atoms with Crippen LogP contribution in [-0.2, 0) is 37.1 Å². The van der Waals surface area contributed by atoms with Crippen molar-refractivity contribution in [3.63, 3.8) is 0 Å². The zero-order chi connectivity index (χ0) is 20.2. The van der Waals surface area contributed by atoms with Gasteiger partial charge >= 0.3 is 0 Å². The van der Waals surface area contributed by atoms with E-state index in [0.717, 1.165) is 27.8 Å². The Morgan fingerprint density at radius 3 is 2.62 bits per heavy atom. The van der Waals surface area contributed by atoms with Crippen LogP contribution >= 0.6 is 0 Å². The molecule has 29 heavy (non-hydrogen) atoms. The summed E-state index contributed by atoms with van der Waals surface area (Å²) < 4.78 is 30.7. The predicted octanol–water partition coefficient (Wildman–Crippen LogP) is 1.51. The van der Waals surface area contributed by atoms with Crippen molar-refractivity contribution in [2.24, 2.45) is 14.1 Å². The third-order valence-corrected chi connectivity index (χ3v) is 6.84. The van der Waals surface area contributed by atoms with Crippen LogP contribution in [0.25, 0.3) is 22.2 Å². The van der Waals surface area contributed by atoms with E-state index in [1.54, 1.807) is 28.7 Å². The second kappa shape index (κ2) is 6.46. The molecular formula is C19H19N7O2S. The molecule has 0 saturated carbocycles. The summed E-state index contributed by atoms with van der Waals surface area (Å²) in [5, 5.41) is 5.15. The summed E-state index contributed by atoms with van der Waals surface area (Å²) in [6.07, 6.45) is 9.06. The molecule has 10 heteroatoms. The number of nitrogens with zero attached hydrogens (tertiary/aromatic N) is 7. The van der Waals surface area contributed by atoms with Gasteiger partial charge in [-0.3, -0.25) is 4.68 Å². The number of pyridine rings is 2. The fraction of sp³-hybridized carbons (Fsp3) is 0.263. The molecule has 0 aliphatic carbocycles. The van der Waals surface area contributed by atoms with Crippen LogP contribution in [0.2, 0.25) is 0 Å². The average Bonchev–Trinajstić information content (AvgIpc) is 3.34. The van der Waals surface area contributed by atoms with Crippen LogP contribution in [-0.4, -0.2) is 48.6 Å². The quantitative estimate of drug-likeness (QED) is 0.509. The molecule has 9 nitrogen and oxygen atoms in total. The lowest BCUT2D eigenvalue weighted by molar-refractivity contribution is 0.387. The van der Waals surface area contributed by atoms with Crippen LogP contribution in [0.3, 0.4) is 0 Å². The molecule has 1 aliphatic heterocycles. The number of sulfonamides is 1. The van der Waals surface area contributed by atoms with Gasteiger partial charge in [-0.15, -0.1) is 0 Å². The molecule has 0 saturated heterocycles. The summed E-state index contributed by atoms with van der Waals surface area (Å²) in [5.74, 6) is 0. The molecular weight excluding hydrogens is 390 g/mol. The van der Waals surface area contributed by atoms with E-state index in [0.29, 0.717) is 18.6 Å². The SMILES string of the molecule is Cn1cnc(S(=O)(=O)N2CCc3nc4ncc(-c5cnn(C)c5)cc4cc3C2)c1. The first-order valence-corrected chi connectivity index (χ1v) is 10.6. The minimum Gasteiger partial charge on any atom is -0.339 e. The third kappa shape index (κ3) is 3.10. The molecule has 5 heterocycles. The number of aryl methyl sites for hydroxylation is 2. The Labute approximate surface area is 167 Å². The number of rotatable bonds is 3. The second-order valence-electron chi connectivity index (χ2n) is 7.23. The third-order valence-electron chi connectivity index (χ3n) is 5.10. The van der Waals surface area contributed by atoms with Crippen molar-refractivity contribution in [1.82, 2.24) is 33.6 Å². The zero-order valence-electron chi connectivity index (χ0n) is 16.0. The summed E-state index contributed by atoms with van der Waals surface area (Å²) in [5.41, 5.74) is 4.37. The lowest BCUT2D eigenvalue weighted by Gasteiger charge is -2.27. The summed E-state index contributed by atoms with van der Waals surface area (Å²) in [6, 6.07) is 4.00. The fourth-order valence-electron chi connectivity index (χ4n) is 3.59. The first-order valence-electron chi connectivity index (χ1n) is 9.16. The molecule has 4 aromatic heterocycles. The van der Waals surface area contributed by atoms with Crippen molar-refractivity contribution in [2.45, 2.75) is 18.0 Å². The van der Waals surface area contributed by atoms with Gasteiger partial charge in [0.05, 0.1) is 12.5 Å². The van der Waals surface area contributed by atoms with E-state index >= 15 is 0 Å². The molecule has 1 aliphatic rings. The summed E-state index contributed by atoms with van der Waals surface area (Å²) in [4.78, 5) is 13.2.